The Bertz CT molecular complexity index is 906. The molecule has 1 aromatic heterocycles. The summed E-state index contributed by atoms with van der Waals surface area (Å²) in [4.78, 5) is 12.1. The van der Waals surface area contributed by atoms with Gasteiger partial charge in [0.25, 0.3) is 0 Å². The van der Waals surface area contributed by atoms with E-state index in [9.17, 15) is 4.79 Å². The molecule has 27 heavy (non-hydrogen) atoms. The molecule has 0 bridgehead atoms. The van der Waals surface area contributed by atoms with E-state index in [1.807, 2.05) is 43.3 Å². The zero-order chi connectivity index (χ0) is 19.2. The number of rotatable bonds is 7. The van der Waals surface area contributed by atoms with E-state index in [2.05, 4.69) is 46.8 Å². The first-order chi connectivity index (χ1) is 13.0. The van der Waals surface area contributed by atoms with Crippen LogP contribution in [0.15, 0.2) is 52.9 Å². The van der Waals surface area contributed by atoms with E-state index in [-0.39, 0.29) is 5.91 Å². The molecular formula is C20H22N4OS2. The Morgan fingerprint density at radius 2 is 1.89 bits per heavy atom. The Labute approximate surface area is 167 Å². The summed E-state index contributed by atoms with van der Waals surface area (Å²) < 4.78 is 0.760. The van der Waals surface area contributed by atoms with Crippen molar-refractivity contribution < 1.29 is 4.79 Å². The van der Waals surface area contributed by atoms with Crippen LogP contribution in [0.2, 0.25) is 0 Å². The predicted octanol–water partition coefficient (Wildman–Crippen LogP) is 5.44. The van der Waals surface area contributed by atoms with Crippen molar-refractivity contribution in [2.75, 3.05) is 16.4 Å². The molecule has 7 heteroatoms. The predicted molar refractivity (Wildman–Crippen MR) is 114 cm³/mol. The molecule has 0 saturated heterocycles. The van der Waals surface area contributed by atoms with Crippen molar-refractivity contribution in [3.05, 3.63) is 59.7 Å². The van der Waals surface area contributed by atoms with Crippen LogP contribution in [0.1, 0.15) is 30.9 Å². The average Bonchev–Trinajstić information content (AvgIpc) is 3.08. The van der Waals surface area contributed by atoms with Gasteiger partial charge in [0.1, 0.15) is 0 Å². The first kappa shape index (κ1) is 19.4. The van der Waals surface area contributed by atoms with Gasteiger partial charge in [-0.2, -0.15) is 0 Å². The molecule has 0 radical (unpaired) electrons. The lowest BCUT2D eigenvalue weighted by molar-refractivity contribution is -0.113. The highest BCUT2D eigenvalue weighted by atomic mass is 32.2. The number of nitrogens with zero attached hydrogens (tertiary/aromatic N) is 2. The minimum atomic E-state index is -0.0559. The lowest BCUT2D eigenvalue weighted by Crippen LogP contribution is -2.13. The number of carbonyl (C=O) groups excluding carboxylic acids is 1. The second-order valence-corrected chi connectivity index (χ2v) is 8.68. The van der Waals surface area contributed by atoms with Gasteiger partial charge in [-0.15, -0.1) is 10.2 Å². The minimum absolute atomic E-state index is 0.0559. The van der Waals surface area contributed by atoms with Crippen molar-refractivity contribution in [3.63, 3.8) is 0 Å². The lowest BCUT2D eigenvalue weighted by atomic mass is 10.0. The second kappa shape index (κ2) is 9.01. The smallest absolute Gasteiger partial charge is 0.234 e. The number of benzene rings is 2. The molecule has 0 fully saturated rings. The third-order valence-corrected chi connectivity index (χ3v) is 5.84. The van der Waals surface area contributed by atoms with Crippen molar-refractivity contribution in [3.8, 4) is 0 Å². The molecule has 0 atom stereocenters. The monoisotopic (exact) mass is 398 g/mol. The molecule has 0 aliphatic rings. The zero-order valence-electron chi connectivity index (χ0n) is 15.5. The van der Waals surface area contributed by atoms with Gasteiger partial charge in [-0.3, -0.25) is 4.79 Å². The summed E-state index contributed by atoms with van der Waals surface area (Å²) in [5.41, 5.74) is 4.20. The van der Waals surface area contributed by atoms with Crippen LogP contribution in [-0.4, -0.2) is 21.9 Å². The molecule has 0 unspecified atom stereocenters. The molecule has 3 aromatic rings. The normalized spacial score (nSPS) is 10.8. The molecule has 0 saturated carbocycles. The fourth-order valence-corrected chi connectivity index (χ4v) is 4.01. The number of aromatic nitrogens is 2. The Morgan fingerprint density at radius 3 is 2.59 bits per heavy atom. The molecule has 0 aliphatic carbocycles. The van der Waals surface area contributed by atoms with Gasteiger partial charge in [0.05, 0.1) is 5.75 Å². The van der Waals surface area contributed by atoms with Gasteiger partial charge in [-0.1, -0.05) is 61.2 Å². The van der Waals surface area contributed by atoms with Crippen molar-refractivity contribution in [2.24, 2.45) is 0 Å². The fraction of sp³-hybridized carbons (Fsp3) is 0.250. The number of carbonyl (C=O) groups is 1. The molecule has 140 valence electrons. The molecule has 0 aliphatic heterocycles. The molecule has 5 nitrogen and oxygen atoms in total. The average molecular weight is 399 g/mol. The maximum atomic E-state index is 12.1. The Balaban J connectivity index is 1.51. The molecular weight excluding hydrogens is 376 g/mol. The van der Waals surface area contributed by atoms with E-state index in [1.165, 1.54) is 28.7 Å². The van der Waals surface area contributed by atoms with Crippen LogP contribution < -0.4 is 10.6 Å². The molecule has 2 N–H and O–H groups in total. The minimum Gasteiger partial charge on any atom is -0.330 e. The number of hydrogen-bond acceptors (Lipinski definition) is 6. The van der Waals surface area contributed by atoms with Crippen LogP contribution in [-0.2, 0) is 4.79 Å². The van der Waals surface area contributed by atoms with Crippen LogP contribution in [0.3, 0.4) is 0 Å². The summed E-state index contributed by atoms with van der Waals surface area (Å²) in [5, 5.41) is 15.2. The maximum Gasteiger partial charge on any atom is 0.234 e. The number of amides is 1. The van der Waals surface area contributed by atoms with Crippen LogP contribution in [0.4, 0.5) is 16.5 Å². The number of nitrogens with one attached hydrogen (secondary N) is 2. The third-order valence-electron chi connectivity index (χ3n) is 3.86. The standard InChI is InChI=1S/C20H22N4OS2/c1-13(2)15-7-9-16(10-8-15)22-19-23-24-20(27-19)26-12-18(25)21-17-6-4-5-14(3)11-17/h4-11,13H,12H2,1-3H3,(H,21,25)(H,22,23). The lowest BCUT2D eigenvalue weighted by Gasteiger charge is -2.06. The molecule has 0 spiro atoms. The Morgan fingerprint density at radius 1 is 1.11 bits per heavy atom. The summed E-state index contributed by atoms with van der Waals surface area (Å²) in [5.74, 6) is 0.750. The van der Waals surface area contributed by atoms with E-state index in [0.717, 1.165) is 21.3 Å². The quantitative estimate of drug-likeness (QED) is 0.518. The highest BCUT2D eigenvalue weighted by molar-refractivity contribution is 8.01. The highest BCUT2D eigenvalue weighted by Crippen LogP contribution is 2.28. The van der Waals surface area contributed by atoms with Crippen molar-refractivity contribution in [2.45, 2.75) is 31.0 Å². The van der Waals surface area contributed by atoms with Gasteiger partial charge in [-0.25, -0.2) is 0 Å². The van der Waals surface area contributed by atoms with Crippen LogP contribution >= 0.6 is 23.1 Å². The first-order valence-corrected chi connectivity index (χ1v) is 10.5. The van der Waals surface area contributed by atoms with E-state index < -0.39 is 0 Å². The SMILES string of the molecule is Cc1cccc(NC(=O)CSc2nnc(Nc3ccc(C(C)C)cc3)s2)c1. The van der Waals surface area contributed by atoms with Gasteiger partial charge in [-0.05, 0) is 48.2 Å². The van der Waals surface area contributed by atoms with Gasteiger partial charge in [0.15, 0.2) is 4.34 Å². The third kappa shape index (κ3) is 5.80. The number of hydrogen-bond donors (Lipinski definition) is 2. The molecule has 1 amide bonds. The van der Waals surface area contributed by atoms with E-state index >= 15 is 0 Å². The van der Waals surface area contributed by atoms with Crippen LogP contribution in [0, 0.1) is 6.92 Å². The van der Waals surface area contributed by atoms with Crippen molar-refractivity contribution >= 4 is 45.5 Å². The topological polar surface area (TPSA) is 66.9 Å². The van der Waals surface area contributed by atoms with Crippen LogP contribution in [0.5, 0.6) is 0 Å². The van der Waals surface area contributed by atoms with E-state index in [0.29, 0.717) is 16.8 Å². The molecule has 1 heterocycles. The fourth-order valence-electron chi connectivity index (χ4n) is 2.44. The second-order valence-electron chi connectivity index (χ2n) is 6.48. The van der Waals surface area contributed by atoms with Gasteiger partial charge >= 0.3 is 0 Å². The summed E-state index contributed by atoms with van der Waals surface area (Å²) >= 11 is 2.82. The zero-order valence-corrected chi connectivity index (χ0v) is 17.2. The maximum absolute atomic E-state index is 12.1. The van der Waals surface area contributed by atoms with Gasteiger partial charge in [0.2, 0.25) is 11.0 Å². The van der Waals surface area contributed by atoms with Crippen molar-refractivity contribution in [1.82, 2.24) is 10.2 Å². The Hall–Kier alpha value is -2.38. The highest BCUT2D eigenvalue weighted by Gasteiger charge is 2.09. The van der Waals surface area contributed by atoms with Crippen LogP contribution in [0.25, 0.3) is 0 Å². The molecule has 3 rings (SSSR count). The summed E-state index contributed by atoms with van der Waals surface area (Å²) in [6.45, 7) is 6.34. The number of thioether (sulfide) groups is 1. The summed E-state index contributed by atoms with van der Waals surface area (Å²) in [7, 11) is 0. The Kier molecular flexibility index (Phi) is 6.47. The van der Waals surface area contributed by atoms with Crippen molar-refractivity contribution in [1.29, 1.82) is 0 Å². The van der Waals surface area contributed by atoms with E-state index in [1.54, 1.807) is 0 Å². The largest absolute Gasteiger partial charge is 0.330 e. The summed E-state index contributed by atoms with van der Waals surface area (Å²) in [6, 6.07) is 16.1. The number of aryl methyl sites for hydroxylation is 1. The first-order valence-electron chi connectivity index (χ1n) is 8.69. The number of anilines is 3. The van der Waals surface area contributed by atoms with Gasteiger partial charge < -0.3 is 10.6 Å². The van der Waals surface area contributed by atoms with Gasteiger partial charge in [0, 0.05) is 11.4 Å². The molecule has 2 aromatic carbocycles. The summed E-state index contributed by atoms with van der Waals surface area (Å²) in [6.07, 6.45) is 0. The van der Waals surface area contributed by atoms with E-state index in [4.69, 9.17) is 0 Å².